The summed E-state index contributed by atoms with van der Waals surface area (Å²) in [4.78, 5) is 27.9. The second-order valence-corrected chi connectivity index (χ2v) is 12.2. The molecule has 0 saturated carbocycles. The quantitative estimate of drug-likeness (QED) is 0.187. The van der Waals surface area contributed by atoms with E-state index in [0.717, 1.165) is 29.0 Å². The number of nitrogens with zero attached hydrogens (tertiary/aromatic N) is 1. The molecule has 4 rings (SSSR count). The Labute approximate surface area is 267 Å². The molecule has 0 aliphatic carbocycles. The van der Waals surface area contributed by atoms with E-state index in [1.807, 2.05) is 24.3 Å². The van der Waals surface area contributed by atoms with Crippen LogP contribution in [0.5, 0.6) is 11.5 Å². The van der Waals surface area contributed by atoms with Crippen LogP contribution in [-0.4, -0.2) is 51.4 Å². The predicted molar refractivity (Wildman–Crippen MR) is 170 cm³/mol. The molecule has 2 amide bonds. The summed E-state index contributed by atoms with van der Waals surface area (Å²) >= 11 is 6.02. The zero-order chi connectivity index (χ0) is 32.4. The third kappa shape index (κ3) is 9.69. The third-order valence-corrected chi connectivity index (χ3v) is 8.55. The Morgan fingerprint density at radius 2 is 1.47 bits per heavy atom. The van der Waals surface area contributed by atoms with Crippen LogP contribution in [0, 0.1) is 5.82 Å². The van der Waals surface area contributed by atoms with E-state index in [0.29, 0.717) is 18.0 Å². The summed E-state index contributed by atoms with van der Waals surface area (Å²) in [7, 11) is -2.34. The Hall–Kier alpha value is -4.61. The summed E-state index contributed by atoms with van der Waals surface area (Å²) in [6.07, 6.45) is 0.599. The zero-order valence-corrected chi connectivity index (χ0v) is 26.3. The Kier molecular flexibility index (Phi) is 11.4. The standard InChI is InChI=1S/C33H33ClFN3O6S/c1-23(33(40)36-20-19-24-5-13-29(43-2)14-6-24)38(21-25-3-7-26(34)8-4-25)32(39)22-44-30-15-17-31(18-16-30)45(41,42)37-28-11-9-27(35)10-12-28/h3-18,23,37H,19-22H2,1-2H3,(H,36,40). The molecule has 0 aliphatic rings. The van der Waals surface area contributed by atoms with Gasteiger partial charge in [0, 0.05) is 23.8 Å². The molecule has 236 valence electrons. The number of benzene rings is 4. The minimum Gasteiger partial charge on any atom is -0.497 e. The van der Waals surface area contributed by atoms with E-state index >= 15 is 0 Å². The number of halogens is 2. The lowest BCUT2D eigenvalue weighted by Gasteiger charge is -2.29. The highest BCUT2D eigenvalue weighted by Gasteiger charge is 2.26. The number of rotatable bonds is 14. The molecule has 9 nitrogen and oxygen atoms in total. The summed E-state index contributed by atoms with van der Waals surface area (Å²) in [6, 6.07) is 24.1. The fraction of sp³-hybridized carbons (Fsp3) is 0.212. The average Bonchev–Trinajstić information content (AvgIpc) is 3.04. The summed E-state index contributed by atoms with van der Waals surface area (Å²) in [6.45, 7) is 1.76. The van der Waals surface area contributed by atoms with Crippen LogP contribution in [0.4, 0.5) is 10.1 Å². The highest BCUT2D eigenvalue weighted by molar-refractivity contribution is 7.92. The smallest absolute Gasteiger partial charge is 0.261 e. The number of sulfonamides is 1. The number of carbonyl (C=O) groups excluding carboxylic acids is 2. The van der Waals surface area contributed by atoms with Crippen LogP contribution in [0.2, 0.25) is 5.02 Å². The third-order valence-electron chi connectivity index (χ3n) is 6.90. The van der Waals surface area contributed by atoms with Gasteiger partial charge in [0.15, 0.2) is 6.61 Å². The average molecular weight is 654 g/mol. The van der Waals surface area contributed by atoms with E-state index in [-0.39, 0.29) is 28.8 Å². The van der Waals surface area contributed by atoms with Crippen LogP contribution >= 0.6 is 11.6 Å². The molecule has 1 unspecified atom stereocenters. The summed E-state index contributed by atoms with van der Waals surface area (Å²) in [5, 5.41) is 3.44. The zero-order valence-electron chi connectivity index (χ0n) is 24.7. The Bertz CT molecular complexity index is 1680. The molecule has 4 aromatic rings. The van der Waals surface area contributed by atoms with Crippen molar-refractivity contribution in [1.29, 1.82) is 0 Å². The van der Waals surface area contributed by atoms with Gasteiger partial charge in [-0.2, -0.15) is 0 Å². The van der Waals surface area contributed by atoms with Gasteiger partial charge in [-0.3, -0.25) is 14.3 Å². The minimum absolute atomic E-state index is 0.0465. The van der Waals surface area contributed by atoms with Crippen molar-refractivity contribution in [2.75, 3.05) is 25.0 Å². The first-order valence-electron chi connectivity index (χ1n) is 14.0. The number of hydrogen-bond acceptors (Lipinski definition) is 6. The monoisotopic (exact) mass is 653 g/mol. The van der Waals surface area contributed by atoms with Crippen molar-refractivity contribution in [3.8, 4) is 11.5 Å². The first-order valence-corrected chi connectivity index (χ1v) is 15.9. The molecule has 45 heavy (non-hydrogen) atoms. The van der Waals surface area contributed by atoms with Crippen molar-refractivity contribution < 1.29 is 31.9 Å². The fourth-order valence-corrected chi connectivity index (χ4v) is 5.50. The summed E-state index contributed by atoms with van der Waals surface area (Å²) in [5.74, 6) is -0.256. The van der Waals surface area contributed by atoms with E-state index in [1.165, 1.54) is 41.3 Å². The summed E-state index contributed by atoms with van der Waals surface area (Å²) < 4.78 is 51.8. The van der Waals surface area contributed by atoms with Crippen molar-refractivity contribution in [3.05, 3.63) is 119 Å². The van der Waals surface area contributed by atoms with E-state index < -0.39 is 34.4 Å². The van der Waals surface area contributed by atoms with Gasteiger partial charge in [-0.25, -0.2) is 12.8 Å². The number of nitrogens with one attached hydrogen (secondary N) is 2. The molecule has 0 heterocycles. The van der Waals surface area contributed by atoms with Crippen LogP contribution in [0.15, 0.2) is 102 Å². The molecule has 0 radical (unpaired) electrons. The van der Waals surface area contributed by atoms with Gasteiger partial charge in [0.25, 0.3) is 15.9 Å². The van der Waals surface area contributed by atoms with E-state index in [4.69, 9.17) is 21.1 Å². The molecule has 0 fully saturated rings. The molecule has 0 saturated heterocycles. The maximum Gasteiger partial charge on any atom is 0.261 e. The maximum atomic E-state index is 13.4. The van der Waals surface area contributed by atoms with Gasteiger partial charge >= 0.3 is 0 Å². The largest absolute Gasteiger partial charge is 0.497 e. The molecule has 4 aromatic carbocycles. The van der Waals surface area contributed by atoms with Crippen LogP contribution in [-0.2, 0) is 32.6 Å². The number of amides is 2. The molecule has 12 heteroatoms. The van der Waals surface area contributed by atoms with Gasteiger partial charge < -0.3 is 19.7 Å². The minimum atomic E-state index is -3.94. The Morgan fingerprint density at radius 1 is 0.867 bits per heavy atom. The lowest BCUT2D eigenvalue weighted by Crippen LogP contribution is -2.49. The lowest BCUT2D eigenvalue weighted by molar-refractivity contribution is -0.142. The van der Waals surface area contributed by atoms with Gasteiger partial charge in [-0.05, 0) is 97.3 Å². The number of methoxy groups -OCH3 is 1. The van der Waals surface area contributed by atoms with Crippen LogP contribution in [0.25, 0.3) is 0 Å². The van der Waals surface area contributed by atoms with Crippen LogP contribution in [0.1, 0.15) is 18.1 Å². The van der Waals surface area contributed by atoms with E-state index in [2.05, 4.69) is 10.0 Å². The van der Waals surface area contributed by atoms with Crippen molar-refractivity contribution in [3.63, 3.8) is 0 Å². The molecule has 0 bridgehead atoms. The van der Waals surface area contributed by atoms with Crippen LogP contribution in [0.3, 0.4) is 0 Å². The number of ether oxygens (including phenoxy) is 2. The first-order chi connectivity index (χ1) is 21.5. The van der Waals surface area contributed by atoms with E-state index in [1.54, 1.807) is 38.3 Å². The lowest BCUT2D eigenvalue weighted by atomic mass is 10.1. The van der Waals surface area contributed by atoms with Gasteiger partial charge in [0.1, 0.15) is 23.4 Å². The van der Waals surface area contributed by atoms with Crippen molar-refractivity contribution in [2.24, 2.45) is 0 Å². The molecule has 2 N–H and O–H groups in total. The van der Waals surface area contributed by atoms with Crippen molar-refractivity contribution >= 4 is 39.1 Å². The van der Waals surface area contributed by atoms with Gasteiger partial charge in [0.05, 0.1) is 12.0 Å². The molecule has 0 aliphatic heterocycles. The topological polar surface area (TPSA) is 114 Å². The highest BCUT2D eigenvalue weighted by Crippen LogP contribution is 2.20. The van der Waals surface area contributed by atoms with Crippen LogP contribution < -0.4 is 19.5 Å². The predicted octanol–water partition coefficient (Wildman–Crippen LogP) is 5.44. The maximum absolute atomic E-state index is 13.4. The number of carbonyl (C=O) groups is 2. The second kappa shape index (κ2) is 15.4. The molecule has 0 aromatic heterocycles. The SMILES string of the molecule is COc1ccc(CCNC(=O)C(C)N(Cc2ccc(Cl)cc2)C(=O)COc2ccc(S(=O)(=O)Nc3ccc(F)cc3)cc2)cc1. The Balaban J connectivity index is 1.38. The van der Waals surface area contributed by atoms with E-state index in [9.17, 15) is 22.4 Å². The fourth-order valence-electron chi connectivity index (χ4n) is 4.31. The van der Waals surface area contributed by atoms with Crippen molar-refractivity contribution in [2.45, 2.75) is 30.8 Å². The molecule has 0 spiro atoms. The van der Waals surface area contributed by atoms with Gasteiger partial charge in [-0.1, -0.05) is 35.9 Å². The molecular formula is C33H33ClFN3O6S. The van der Waals surface area contributed by atoms with Gasteiger partial charge in [0.2, 0.25) is 5.91 Å². The number of anilines is 1. The first kappa shape index (κ1) is 33.3. The summed E-state index contributed by atoms with van der Waals surface area (Å²) in [5.41, 5.74) is 2.01. The number of hydrogen-bond donors (Lipinski definition) is 2. The van der Waals surface area contributed by atoms with Gasteiger partial charge in [-0.15, -0.1) is 0 Å². The normalized spacial score (nSPS) is 11.7. The van der Waals surface area contributed by atoms with Crippen molar-refractivity contribution in [1.82, 2.24) is 10.2 Å². The Morgan fingerprint density at radius 3 is 2.09 bits per heavy atom. The molecular weight excluding hydrogens is 621 g/mol. The molecule has 1 atom stereocenters. The second-order valence-electron chi connectivity index (χ2n) is 10.1. The highest BCUT2D eigenvalue weighted by atomic mass is 35.5.